The minimum absolute atomic E-state index is 0.0952. The summed E-state index contributed by atoms with van der Waals surface area (Å²) in [4.78, 5) is 23.0. The molecule has 0 aliphatic rings. The molecule has 0 saturated carbocycles. The molecular formula is C13H24O4. The molecule has 0 bridgehead atoms. The Bertz CT molecular complexity index is 281. The molecular weight excluding hydrogens is 220 g/mol. The van der Waals surface area contributed by atoms with Crippen LogP contribution in [0.4, 0.5) is 0 Å². The average Bonchev–Trinajstić information content (AvgIpc) is 2.10. The smallest absolute Gasteiger partial charge is 0.311 e. The van der Waals surface area contributed by atoms with Crippen LogP contribution in [0.15, 0.2) is 0 Å². The number of esters is 2. The number of hydrogen-bond acceptors (Lipinski definition) is 4. The summed E-state index contributed by atoms with van der Waals surface area (Å²) in [5, 5.41) is 0. The van der Waals surface area contributed by atoms with E-state index in [1.807, 2.05) is 0 Å². The molecule has 0 heterocycles. The molecule has 0 rings (SSSR count). The quantitative estimate of drug-likeness (QED) is 0.716. The minimum atomic E-state index is -0.539. The van der Waals surface area contributed by atoms with Crippen LogP contribution in [0, 0.1) is 10.8 Å². The molecule has 0 aromatic carbocycles. The Labute approximate surface area is 104 Å². The Hall–Kier alpha value is -1.06. The largest absolute Gasteiger partial charge is 0.461 e. The van der Waals surface area contributed by atoms with Gasteiger partial charge in [-0.05, 0) is 48.5 Å². The molecule has 1 atom stereocenters. The fourth-order valence-electron chi connectivity index (χ4n) is 0.803. The van der Waals surface area contributed by atoms with E-state index in [1.165, 1.54) is 0 Å². The second kappa shape index (κ2) is 5.52. The topological polar surface area (TPSA) is 52.6 Å². The maximum absolute atomic E-state index is 11.6. The Morgan fingerprint density at radius 2 is 1.35 bits per heavy atom. The van der Waals surface area contributed by atoms with Crippen LogP contribution in [0.1, 0.15) is 48.5 Å². The van der Waals surface area contributed by atoms with Gasteiger partial charge in [0, 0.05) is 0 Å². The van der Waals surface area contributed by atoms with Gasteiger partial charge in [0.15, 0.2) is 0 Å². The highest BCUT2D eigenvalue weighted by molar-refractivity contribution is 5.76. The third-order valence-electron chi connectivity index (χ3n) is 1.98. The van der Waals surface area contributed by atoms with Crippen molar-refractivity contribution in [1.82, 2.24) is 0 Å². The maximum Gasteiger partial charge on any atom is 0.311 e. The lowest BCUT2D eigenvalue weighted by atomic mass is 9.97. The zero-order valence-electron chi connectivity index (χ0n) is 11.9. The van der Waals surface area contributed by atoms with Crippen LogP contribution in [-0.2, 0) is 19.1 Å². The van der Waals surface area contributed by atoms with Crippen molar-refractivity contribution in [2.45, 2.75) is 54.6 Å². The molecule has 0 fully saturated rings. The van der Waals surface area contributed by atoms with Gasteiger partial charge in [0.05, 0.1) is 10.8 Å². The summed E-state index contributed by atoms with van der Waals surface area (Å²) in [6.07, 6.45) is -0.423. The first-order valence-electron chi connectivity index (χ1n) is 5.83. The van der Waals surface area contributed by atoms with E-state index in [0.29, 0.717) is 0 Å². The Morgan fingerprint density at radius 1 is 0.941 bits per heavy atom. The Morgan fingerprint density at radius 3 is 1.71 bits per heavy atom. The lowest BCUT2D eigenvalue weighted by molar-refractivity contribution is -0.167. The van der Waals surface area contributed by atoms with Gasteiger partial charge in [0.25, 0.3) is 0 Å². The second-order valence-corrected chi connectivity index (χ2v) is 6.31. The number of carbonyl (C=O) groups is 2. The van der Waals surface area contributed by atoms with Crippen LogP contribution in [0.25, 0.3) is 0 Å². The summed E-state index contributed by atoms with van der Waals surface area (Å²) < 4.78 is 10.2. The molecule has 0 aliphatic carbocycles. The summed E-state index contributed by atoms with van der Waals surface area (Å²) in [5.74, 6) is -0.590. The van der Waals surface area contributed by atoms with Gasteiger partial charge in [0.1, 0.15) is 12.7 Å². The fraction of sp³-hybridized carbons (Fsp3) is 0.846. The summed E-state index contributed by atoms with van der Waals surface area (Å²) in [5.41, 5.74) is -1.07. The van der Waals surface area contributed by atoms with Crippen molar-refractivity contribution in [3.63, 3.8) is 0 Å². The van der Waals surface area contributed by atoms with E-state index in [9.17, 15) is 9.59 Å². The maximum atomic E-state index is 11.6. The molecule has 0 saturated heterocycles. The number of ether oxygens (including phenoxy) is 2. The van der Waals surface area contributed by atoms with Crippen LogP contribution < -0.4 is 0 Å². The van der Waals surface area contributed by atoms with Crippen LogP contribution >= 0.6 is 0 Å². The molecule has 1 unspecified atom stereocenters. The molecule has 0 aliphatic heterocycles. The predicted molar refractivity (Wildman–Crippen MR) is 65.4 cm³/mol. The van der Waals surface area contributed by atoms with E-state index in [1.54, 1.807) is 48.5 Å². The monoisotopic (exact) mass is 244 g/mol. The molecule has 4 nitrogen and oxygen atoms in total. The third kappa shape index (κ3) is 6.29. The van der Waals surface area contributed by atoms with Crippen molar-refractivity contribution in [2.75, 3.05) is 6.61 Å². The molecule has 17 heavy (non-hydrogen) atoms. The van der Waals surface area contributed by atoms with E-state index >= 15 is 0 Å². The molecule has 0 aromatic heterocycles. The normalized spacial score (nSPS) is 14.1. The van der Waals surface area contributed by atoms with E-state index in [2.05, 4.69) is 0 Å². The lowest BCUT2D eigenvalue weighted by Gasteiger charge is -2.22. The first-order valence-corrected chi connectivity index (χ1v) is 5.83. The van der Waals surface area contributed by atoms with Crippen molar-refractivity contribution >= 4 is 11.9 Å². The third-order valence-corrected chi connectivity index (χ3v) is 1.98. The summed E-state index contributed by atoms with van der Waals surface area (Å²) in [6.45, 7) is 12.5. The molecule has 0 radical (unpaired) electrons. The van der Waals surface area contributed by atoms with Crippen LogP contribution in [0.5, 0.6) is 0 Å². The van der Waals surface area contributed by atoms with Crippen LogP contribution in [0.3, 0.4) is 0 Å². The van der Waals surface area contributed by atoms with Crippen molar-refractivity contribution in [3.05, 3.63) is 0 Å². The van der Waals surface area contributed by atoms with Gasteiger partial charge >= 0.3 is 11.9 Å². The van der Waals surface area contributed by atoms with Gasteiger partial charge in [-0.15, -0.1) is 0 Å². The minimum Gasteiger partial charge on any atom is -0.461 e. The van der Waals surface area contributed by atoms with Gasteiger partial charge in [0.2, 0.25) is 0 Å². The second-order valence-electron chi connectivity index (χ2n) is 6.31. The Kier molecular flexibility index (Phi) is 5.17. The average molecular weight is 244 g/mol. The zero-order valence-corrected chi connectivity index (χ0v) is 11.9. The SMILES string of the molecule is CC(COC(=O)C(C)(C)C)OC(=O)C(C)(C)C. The van der Waals surface area contributed by atoms with E-state index < -0.39 is 16.9 Å². The van der Waals surface area contributed by atoms with Crippen LogP contribution in [0.2, 0.25) is 0 Å². The van der Waals surface area contributed by atoms with E-state index in [0.717, 1.165) is 0 Å². The number of rotatable bonds is 3. The summed E-state index contributed by atoms with van der Waals surface area (Å²) in [7, 11) is 0. The molecule has 4 heteroatoms. The predicted octanol–water partition coefficient (Wildman–Crippen LogP) is 2.55. The molecule has 0 aromatic rings. The standard InChI is InChI=1S/C13H24O4/c1-9(17-11(15)13(5,6)7)8-16-10(14)12(2,3)4/h9H,8H2,1-7H3. The fourth-order valence-corrected chi connectivity index (χ4v) is 0.803. The van der Waals surface area contributed by atoms with E-state index in [-0.39, 0.29) is 18.5 Å². The van der Waals surface area contributed by atoms with Gasteiger partial charge < -0.3 is 9.47 Å². The van der Waals surface area contributed by atoms with Crippen molar-refractivity contribution < 1.29 is 19.1 Å². The number of hydrogen-bond donors (Lipinski definition) is 0. The molecule has 100 valence electrons. The summed E-state index contributed by atoms with van der Waals surface area (Å²) >= 11 is 0. The van der Waals surface area contributed by atoms with Gasteiger partial charge in [-0.1, -0.05) is 0 Å². The van der Waals surface area contributed by atoms with Crippen molar-refractivity contribution in [2.24, 2.45) is 10.8 Å². The molecule has 0 amide bonds. The van der Waals surface area contributed by atoms with Gasteiger partial charge in [-0.3, -0.25) is 9.59 Å². The first kappa shape index (κ1) is 15.9. The Balaban J connectivity index is 4.10. The van der Waals surface area contributed by atoms with Gasteiger partial charge in [-0.2, -0.15) is 0 Å². The number of carbonyl (C=O) groups excluding carboxylic acids is 2. The molecule has 0 spiro atoms. The highest BCUT2D eigenvalue weighted by Gasteiger charge is 2.27. The highest BCUT2D eigenvalue weighted by atomic mass is 16.6. The summed E-state index contributed by atoms with van der Waals surface area (Å²) in [6, 6.07) is 0. The van der Waals surface area contributed by atoms with Crippen molar-refractivity contribution in [3.8, 4) is 0 Å². The van der Waals surface area contributed by atoms with Crippen LogP contribution in [-0.4, -0.2) is 24.6 Å². The zero-order chi connectivity index (χ0) is 13.9. The van der Waals surface area contributed by atoms with E-state index in [4.69, 9.17) is 9.47 Å². The lowest BCUT2D eigenvalue weighted by Crippen LogP contribution is -2.31. The molecule has 0 N–H and O–H groups in total. The van der Waals surface area contributed by atoms with Crippen molar-refractivity contribution in [1.29, 1.82) is 0 Å². The highest BCUT2D eigenvalue weighted by Crippen LogP contribution is 2.18. The van der Waals surface area contributed by atoms with Gasteiger partial charge in [-0.25, -0.2) is 0 Å². The first-order chi connectivity index (χ1) is 7.44.